The van der Waals surface area contributed by atoms with Crippen molar-refractivity contribution in [2.24, 2.45) is 11.8 Å². The minimum absolute atomic E-state index is 0.0172. The van der Waals surface area contributed by atoms with Gasteiger partial charge in [0, 0.05) is 11.3 Å². The fourth-order valence-corrected chi connectivity index (χ4v) is 1.91. The molecule has 1 aromatic rings. The third-order valence-electron chi connectivity index (χ3n) is 3.52. The molecule has 1 atom stereocenters. The van der Waals surface area contributed by atoms with E-state index < -0.39 is 0 Å². The lowest BCUT2D eigenvalue weighted by atomic mass is 9.88. The van der Waals surface area contributed by atoms with Gasteiger partial charge in [0.2, 0.25) is 5.91 Å². The number of nitrogens with zero attached hydrogens (tertiary/aromatic N) is 2. The fourth-order valence-electron chi connectivity index (χ4n) is 1.91. The van der Waals surface area contributed by atoms with E-state index in [1.807, 2.05) is 6.92 Å². The molecule has 104 valence electrons. The quantitative estimate of drug-likeness (QED) is 0.867. The van der Waals surface area contributed by atoms with Gasteiger partial charge in [0.25, 0.3) is 0 Å². The highest BCUT2D eigenvalue weighted by Crippen LogP contribution is 2.20. The number of anilines is 1. The Kier molecular flexibility index (Phi) is 3.85. The summed E-state index contributed by atoms with van der Waals surface area (Å²) in [6.45, 7) is 10.00. The van der Waals surface area contributed by atoms with Crippen LogP contribution in [0.15, 0.2) is 12.4 Å². The van der Waals surface area contributed by atoms with Crippen molar-refractivity contribution in [2.75, 3.05) is 18.4 Å². The van der Waals surface area contributed by atoms with Crippen molar-refractivity contribution in [1.29, 1.82) is 0 Å². The zero-order valence-corrected chi connectivity index (χ0v) is 12.0. The Balaban J connectivity index is 1.97. The average Bonchev–Trinajstić information content (AvgIpc) is 2.26. The minimum Gasteiger partial charge on any atom is -0.323 e. The van der Waals surface area contributed by atoms with Gasteiger partial charge in [-0.05, 0) is 19.0 Å². The highest BCUT2D eigenvalue weighted by Gasteiger charge is 2.28. The van der Waals surface area contributed by atoms with E-state index in [0.29, 0.717) is 11.6 Å². The zero-order valence-electron chi connectivity index (χ0n) is 12.0. The number of nitrogens with one attached hydrogen (secondary N) is 2. The van der Waals surface area contributed by atoms with E-state index in [0.717, 1.165) is 18.9 Å². The largest absolute Gasteiger partial charge is 0.323 e. The van der Waals surface area contributed by atoms with Crippen molar-refractivity contribution in [3.05, 3.63) is 18.2 Å². The summed E-state index contributed by atoms with van der Waals surface area (Å²) in [5.74, 6) is 1.28. The summed E-state index contributed by atoms with van der Waals surface area (Å²) in [6, 6.07) is 0. The smallest absolute Gasteiger partial charge is 0.227 e. The van der Waals surface area contributed by atoms with Crippen LogP contribution >= 0.6 is 0 Å². The van der Waals surface area contributed by atoms with E-state index in [4.69, 9.17) is 0 Å². The van der Waals surface area contributed by atoms with Crippen molar-refractivity contribution in [3.63, 3.8) is 0 Å². The Morgan fingerprint density at radius 3 is 2.37 bits per heavy atom. The second-order valence-corrected chi connectivity index (χ2v) is 6.24. The molecule has 1 amide bonds. The van der Waals surface area contributed by atoms with Gasteiger partial charge >= 0.3 is 0 Å². The van der Waals surface area contributed by atoms with E-state index in [-0.39, 0.29) is 17.2 Å². The lowest BCUT2D eigenvalue weighted by Crippen LogP contribution is -2.48. The van der Waals surface area contributed by atoms with Gasteiger partial charge in [-0.1, -0.05) is 27.7 Å². The Labute approximate surface area is 114 Å². The molecular weight excluding hydrogens is 240 g/mol. The van der Waals surface area contributed by atoms with Crippen molar-refractivity contribution in [1.82, 2.24) is 15.3 Å². The van der Waals surface area contributed by atoms with Crippen LogP contribution in [0.3, 0.4) is 0 Å². The number of aromatic nitrogens is 2. The molecule has 1 aromatic heterocycles. The highest BCUT2D eigenvalue weighted by atomic mass is 16.1. The summed E-state index contributed by atoms with van der Waals surface area (Å²) in [6.07, 6.45) is 3.36. The van der Waals surface area contributed by atoms with Gasteiger partial charge in [0.05, 0.1) is 18.1 Å². The summed E-state index contributed by atoms with van der Waals surface area (Å²) < 4.78 is 0. The number of rotatable bonds is 3. The molecule has 0 aliphatic carbocycles. The first kappa shape index (κ1) is 13.9. The summed E-state index contributed by atoms with van der Waals surface area (Å²) in [5.41, 5.74) is 0.588. The number of hydrogen-bond donors (Lipinski definition) is 2. The van der Waals surface area contributed by atoms with Crippen molar-refractivity contribution in [2.45, 2.75) is 33.1 Å². The first-order chi connectivity index (χ1) is 8.88. The molecule has 0 spiro atoms. The summed E-state index contributed by atoms with van der Waals surface area (Å²) in [4.78, 5) is 20.6. The Bertz CT molecular complexity index is 446. The second kappa shape index (κ2) is 5.25. The molecule has 1 aliphatic rings. The van der Waals surface area contributed by atoms with Gasteiger partial charge < -0.3 is 10.6 Å². The van der Waals surface area contributed by atoms with E-state index in [1.54, 1.807) is 12.4 Å². The highest BCUT2D eigenvalue weighted by molar-refractivity contribution is 5.92. The molecule has 1 saturated heterocycles. The summed E-state index contributed by atoms with van der Waals surface area (Å²) >= 11 is 0. The summed E-state index contributed by atoms with van der Waals surface area (Å²) in [7, 11) is 0. The molecule has 5 heteroatoms. The predicted molar refractivity (Wildman–Crippen MR) is 74.9 cm³/mol. The van der Waals surface area contributed by atoms with E-state index in [1.165, 1.54) is 0 Å². The molecular formula is C14H22N4O. The zero-order chi connectivity index (χ0) is 14.0. The number of amides is 1. The van der Waals surface area contributed by atoms with Gasteiger partial charge in [-0.25, -0.2) is 9.97 Å². The molecule has 0 aromatic carbocycles. The number of carbonyl (C=O) groups is 1. The Morgan fingerprint density at radius 2 is 1.95 bits per heavy atom. The topological polar surface area (TPSA) is 66.9 Å². The lowest BCUT2D eigenvalue weighted by Gasteiger charge is -2.31. The van der Waals surface area contributed by atoms with Crippen LogP contribution in [0, 0.1) is 11.8 Å². The summed E-state index contributed by atoms with van der Waals surface area (Å²) in [5, 5.41) is 6.06. The van der Waals surface area contributed by atoms with Crippen molar-refractivity contribution >= 4 is 11.6 Å². The van der Waals surface area contributed by atoms with Crippen LogP contribution in [0.4, 0.5) is 5.69 Å². The van der Waals surface area contributed by atoms with Crippen LogP contribution in [-0.4, -0.2) is 29.0 Å². The maximum atomic E-state index is 12.0. The molecule has 0 radical (unpaired) electrons. The first-order valence-electron chi connectivity index (χ1n) is 6.72. The van der Waals surface area contributed by atoms with Gasteiger partial charge in [-0.15, -0.1) is 0 Å². The molecule has 5 nitrogen and oxygen atoms in total. The molecule has 2 rings (SSSR count). The predicted octanol–water partition coefficient (Wildman–Crippen LogP) is 1.57. The third-order valence-corrected chi connectivity index (χ3v) is 3.52. The molecule has 0 bridgehead atoms. The number of hydrogen-bond acceptors (Lipinski definition) is 4. The van der Waals surface area contributed by atoms with Crippen LogP contribution in [0.25, 0.3) is 0 Å². The standard InChI is InChI=1S/C14H22N4O/c1-9(10-5-15-6-10)12(19)18-11-7-16-13(17-8-11)14(2,3)4/h7-10,15H,5-6H2,1-4H3,(H,18,19). The maximum Gasteiger partial charge on any atom is 0.227 e. The Morgan fingerprint density at radius 1 is 1.37 bits per heavy atom. The SMILES string of the molecule is CC(C(=O)Nc1cnc(C(C)(C)C)nc1)C1CNC1. The maximum absolute atomic E-state index is 12.0. The van der Waals surface area contributed by atoms with Crippen molar-refractivity contribution < 1.29 is 4.79 Å². The average molecular weight is 262 g/mol. The minimum atomic E-state index is -0.0760. The molecule has 2 heterocycles. The van der Waals surface area contributed by atoms with Crippen LogP contribution < -0.4 is 10.6 Å². The third kappa shape index (κ3) is 3.29. The Hall–Kier alpha value is -1.49. The van der Waals surface area contributed by atoms with E-state index in [9.17, 15) is 4.79 Å². The molecule has 1 unspecified atom stereocenters. The first-order valence-corrected chi connectivity index (χ1v) is 6.72. The lowest BCUT2D eigenvalue weighted by molar-refractivity contribution is -0.121. The van der Waals surface area contributed by atoms with Crippen LogP contribution in [0.1, 0.15) is 33.5 Å². The van der Waals surface area contributed by atoms with E-state index >= 15 is 0 Å². The van der Waals surface area contributed by atoms with Gasteiger partial charge in [0.1, 0.15) is 5.82 Å². The van der Waals surface area contributed by atoms with Crippen LogP contribution in [0.2, 0.25) is 0 Å². The fraction of sp³-hybridized carbons (Fsp3) is 0.643. The molecule has 1 fully saturated rings. The van der Waals surface area contributed by atoms with Crippen LogP contribution in [-0.2, 0) is 10.2 Å². The van der Waals surface area contributed by atoms with Crippen LogP contribution in [0.5, 0.6) is 0 Å². The van der Waals surface area contributed by atoms with Gasteiger partial charge in [-0.3, -0.25) is 4.79 Å². The van der Waals surface area contributed by atoms with E-state index in [2.05, 4.69) is 41.4 Å². The molecule has 1 aliphatic heterocycles. The molecule has 0 saturated carbocycles. The monoisotopic (exact) mass is 262 g/mol. The molecule has 2 N–H and O–H groups in total. The normalized spacial score (nSPS) is 17.7. The van der Waals surface area contributed by atoms with Gasteiger partial charge in [-0.2, -0.15) is 0 Å². The molecule has 19 heavy (non-hydrogen) atoms. The second-order valence-electron chi connectivity index (χ2n) is 6.24. The number of carbonyl (C=O) groups excluding carboxylic acids is 1. The van der Waals surface area contributed by atoms with Gasteiger partial charge in [0.15, 0.2) is 0 Å². The van der Waals surface area contributed by atoms with Crippen molar-refractivity contribution in [3.8, 4) is 0 Å².